The van der Waals surface area contributed by atoms with Crippen molar-refractivity contribution in [3.63, 3.8) is 0 Å². The van der Waals surface area contributed by atoms with Crippen molar-refractivity contribution in [2.24, 2.45) is 0 Å². The fraction of sp³-hybridized carbons (Fsp3) is 0.286. The number of benzene rings is 1. The monoisotopic (exact) mass is 353 g/mol. The predicted octanol–water partition coefficient (Wildman–Crippen LogP) is 3.74. The second-order valence-corrected chi connectivity index (χ2v) is 4.67. The largest absolute Gasteiger partial charge is 0.462 e. The number of esters is 1. The van der Waals surface area contributed by atoms with Crippen LogP contribution in [0, 0.1) is 0 Å². The zero-order chi connectivity index (χ0) is 18.3. The number of nitrogens with one attached hydrogen (secondary N) is 1. The predicted molar refractivity (Wildman–Crippen MR) is 70.5 cm³/mol. The number of ether oxygens (including phenoxy) is 1. The van der Waals surface area contributed by atoms with Gasteiger partial charge in [0.25, 0.3) is 0 Å². The highest BCUT2D eigenvalue weighted by molar-refractivity contribution is 6.04. The van der Waals surface area contributed by atoms with Gasteiger partial charge in [-0.05, 0) is 19.1 Å². The van der Waals surface area contributed by atoms with Gasteiger partial charge in [-0.25, -0.2) is 4.79 Å². The molecule has 0 amide bonds. The van der Waals surface area contributed by atoms with Crippen molar-refractivity contribution in [1.82, 2.24) is 4.98 Å². The van der Waals surface area contributed by atoms with Crippen LogP contribution in [0.3, 0.4) is 0 Å². The van der Waals surface area contributed by atoms with E-state index in [4.69, 9.17) is 0 Å². The van der Waals surface area contributed by atoms with Crippen LogP contribution < -0.4 is 5.43 Å². The first-order valence-electron chi connectivity index (χ1n) is 6.48. The van der Waals surface area contributed by atoms with E-state index in [1.54, 1.807) is 4.98 Å². The Morgan fingerprint density at radius 3 is 2.25 bits per heavy atom. The summed E-state index contributed by atoms with van der Waals surface area (Å²) >= 11 is 0. The molecule has 0 bridgehead atoms. The van der Waals surface area contributed by atoms with Gasteiger partial charge in [-0.2, -0.15) is 26.3 Å². The molecule has 0 saturated carbocycles. The van der Waals surface area contributed by atoms with Crippen LogP contribution in [-0.4, -0.2) is 17.6 Å². The summed E-state index contributed by atoms with van der Waals surface area (Å²) in [5, 5.41) is -0.809. The van der Waals surface area contributed by atoms with Gasteiger partial charge in [-0.15, -0.1) is 0 Å². The molecule has 24 heavy (non-hydrogen) atoms. The molecule has 0 spiro atoms. The molecule has 0 unspecified atom stereocenters. The molecule has 1 aromatic carbocycles. The minimum atomic E-state index is -5.06. The van der Waals surface area contributed by atoms with Crippen LogP contribution in [0.2, 0.25) is 0 Å². The molecule has 0 saturated heterocycles. The summed E-state index contributed by atoms with van der Waals surface area (Å²) in [6, 6.07) is 1.22. The first-order valence-corrected chi connectivity index (χ1v) is 6.48. The summed E-state index contributed by atoms with van der Waals surface area (Å²) < 4.78 is 82.0. The summed E-state index contributed by atoms with van der Waals surface area (Å²) in [4.78, 5) is 25.3. The van der Waals surface area contributed by atoms with Gasteiger partial charge >= 0.3 is 18.3 Å². The van der Waals surface area contributed by atoms with Gasteiger partial charge < -0.3 is 9.72 Å². The normalized spacial score (nSPS) is 12.5. The number of aromatic amines is 1. The van der Waals surface area contributed by atoms with Crippen molar-refractivity contribution in [3.8, 4) is 0 Å². The van der Waals surface area contributed by atoms with Crippen LogP contribution in [0.4, 0.5) is 26.3 Å². The maximum atomic E-state index is 13.0. The SMILES string of the molecule is CCOC(=O)c1ccc(C(F)(F)F)c2[nH]c(C(F)(F)F)cc(=O)c12. The summed E-state index contributed by atoms with van der Waals surface area (Å²) in [6.45, 7) is 1.30. The third-order valence-electron chi connectivity index (χ3n) is 3.09. The molecule has 130 valence electrons. The molecule has 2 rings (SSSR count). The van der Waals surface area contributed by atoms with Crippen molar-refractivity contribution < 1.29 is 35.9 Å². The maximum Gasteiger partial charge on any atom is 0.431 e. The minimum Gasteiger partial charge on any atom is -0.462 e. The molecule has 0 radical (unpaired) electrons. The van der Waals surface area contributed by atoms with Crippen molar-refractivity contribution in [1.29, 1.82) is 0 Å². The average molecular weight is 353 g/mol. The standard InChI is InChI=1S/C14H9F6NO3/c1-2-24-12(23)6-3-4-7(13(15,16)17)11-10(6)8(22)5-9(21-11)14(18,19)20/h3-5H,2H2,1H3,(H,21,22). The van der Waals surface area contributed by atoms with Crippen molar-refractivity contribution >= 4 is 16.9 Å². The average Bonchev–Trinajstić information content (AvgIpc) is 2.44. The smallest absolute Gasteiger partial charge is 0.431 e. The van der Waals surface area contributed by atoms with E-state index >= 15 is 0 Å². The molecule has 1 heterocycles. The molecule has 4 nitrogen and oxygen atoms in total. The lowest BCUT2D eigenvalue weighted by Crippen LogP contribution is -2.19. The number of pyridine rings is 1. The number of alkyl halides is 6. The van der Waals surface area contributed by atoms with Crippen LogP contribution in [0.1, 0.15) is 28.5 Å². The number of rotatable bonds is 2. The van der Waals surface area contributed by atoms with Gasteiger partial charge in [0.05, 0.1) is 28.6 Å². The van der Waals surface area contributed by atoms with Crippen LogP contribution >= 0.6 is 0 Å². The highest BCUT2D eigenvalue weighted by Crippen LogP contribution is 2.36. The minimum absolute atomic E-state index is 0.102. The molecular weight excluding hydrogens is 344 g/mol. The number of fused-ring (bicyclic) bond motifs is 1. The Labute approximate surface area is 130 Å². The second kappa shape index (κ2) is 5.84. The first-order chi connectivity index (χ1) is 11.0. The van der Waals surface area contributed by atoms with E-state index in [-0.39, 0.29) is 12.7 Å². The van der Waals surface area contributed by atoms with Crippen molar-refractivity contribution in [2.45, 2.75) is 19.3 Å². The Kier molecular flexibility index (Phi) is 4.34. The van der Waals surface area contributed by atoms with Crippen LogP contribution in [0.25, 0.3) is 10.9 Å². The van der Waals surface area contributed by atoms with Gasteiger partial charge in [0, 0.05) is 6.07 Å². The van der Waals surface area contributed by atoms with Crippen molar-refractivity contribution in [2.75, 3.05) is 6.61 Å². The molecule has 1 N–H and O–H groups in total. The van der Waals surface area contributed by atoms with E-state index in [1.807, 2.05) is 0 Å². The Morgan fingerprint density at radius 2 is 1.75 bits per heavy atom. The number of hydrogen-bond donors (Lipinski definition) is 1. The van der Waals surface area contributed by atoms with E-state index in [0.717, 1.165) is 0 Å². The van der Waals surface area contributed by atoms with E-state index in [9.17, 15) is 35.9 Å². The highest BCUT2D eigenvalue weighted by atomic mass is 19.4. The number of aromatic nitrogens is 1. The van der Waals surface area contributed by atoms with Gasteiger partial charge in [0.2, 0.25) is 0 Å². The molecule has 0 aliphatic rings. The lowest BCUT2D eigenvalue weighted by Gasteiger charge is -2.15. The zero-order valence-electron chi connectivity index (χ0n) is 11.9. The summed E-state index contributed by atoms with van der Waals surface area (Å²) in [7, 11) is 0. The molecule has 0 aliphatic carbocycles. The number of halogens is 6. The Hall–Kier alpha value is -2.52. The molecule has 10 heteroatoms. The molecule has 2 aromatic rings. The van der Waals surface area contributed by atoms with E-state index in [2.05, 4.69) is 4.74 Å². The first kappa shape index (κ1) is 17.8. The summed E-state index contributed by atoms with van der Waals surface area (Å²) in [6.07, 6.45) is -10.1. The van der Waals surface area contributed by atoms with E-state index < -0.39 is 51.5 Å². The Bertz CT molecular complexity index is 850. The highest BCUT2D eigenvalue weighted by Gasteiger charge is 2.37. The lowest BCUT2D eigenvalue weighted by atomic mass is 10.0. The molecule has 0 atom stereocenters. The number of H-pyrrole nitrogens is 1. The second-order valence-electron chi connectivity index (χ2n) is 4.67. The van der Waals surface area contributed by atoms with Gasteiger partial charge in [0.1, 0.15) is 5.69 Å². The topological polar surface area (TPSA) is 59.2 Å². The zero-order valence-corrected chi connectivity index (χ0v) is 11.9. The van der Waals surface area contributed by atoms with Gasteiger partial charge in [-0.3, -0.25) is 4.79 Å². The third-order valence-corrected chi connectivity index (χ3v) is 3.09. The summed E-state index contributed by atoms with van der Waals surface area (Å²) in [5.74, 6) is -1.11. The number of carbonyl (C=O) groups excluding carboxylic acids is 1. The molecular formula is C14H9F6NO3. The number of carbonyl (C=O) groups is 1. The van der Waals surface area contributed by atoms with Crippen molar-refractivity contribution in [3.05, 3.63) is 45.2 Å². The Balaban J connectivity index is 2.93. The maximum absolute atomic E-state index is 13.0. The summed E-state index contributed by atoms with van der Waals surface area (Å²) in [5.41, 5.74) is -6.17. The fourth-order valence-corrected chi connectivity index (χ4v) is 2.13. The van der Waals surface area contributed by atoms with Gasteiger partial charge in [0.15, 0.2) is 5.43 Å². The molecule has 0 fully saturated rings. The molecule has 1 aromatic heterocycles. The molecule has 0 aliphatic heterocycles. The van der Waals surface area contributed by atoms with Gasteiger partial charge in [-0.1, -0.05) is 0 Å². The van der Waals surface area contributed by atoms with Crippen LogP contribution in [0.5, 0.6) is 0 Å². The quantitative estimate of drug-likeness (QED) is 0.661. The number of hydrogen-bond acceptors (Lipinski definition) is 3. The van der Waals surface area contributed by atoms with E-state index in [1.165, 1.54) is 6.92 Å². The van der Waals surface area contributed by atoms with Crippen LogP contribution in [0.15, 0.2) is 23.0 Å². The van der Waals surface area contributed by atoms with Crippen LogP contribution in [-0.2, 0) is 17.1 Å². The lowest BCUT2D eigenvalue weighted by molar-refractivity contribution is -0.142. The fourth-order valence-electron chi connectivity index (χ4n) is 2.13. The third kappa shape index (κ3) is 3.22. The van der Waals surface area contributed by atoms with E-state index in [0.29, 0.717) is 12.1 Å². The Morgan fingerprint density at radius 1 is 1.12 bits per heavy atom.